The molecule has 0 aliphatic heterocycles. The molecule has 1 aliphatic rings. The van der Waals surface area contributed by atoms with E-state index < -0.39 is 0 Å². The fourth-order valence-corrected chi connectivity index (χ4v) is 2.38. The first-order chi connectivity index (χ1) is 6.92. The van der Waals surface area contributed by atoms with Gasteiger partial charge in [0.1, 0.15) is 5.78 Å². The van der Waals surface area contributed by atoms with Crippen molar-refractivity contribution in [3.8, 4) is 0 Å². The number of rotatable bonds is 3. The van der Waals surface area contributed by atoms with Gasteiger partial charge in [-0.1, -0.05) is 39.0 Å². The Morgan fingerprint density at radius 1 is 1.53 bits per heavy atom. The second-order valence-electron chi connectivity index (χ2n) is 5.52. The highest BCUT2D eigenvalue weighted by molar-refractivity contribution is 5.91. The standard InChI is InChI=1S/C14H22O/c1-5-9-14(10-7-6-8-11-14)12(15)13(2,3)4/h5,7,10H,1,6,8-9,11H2,2-4H3. The Kier molecular flexibility index (Phi) is 3.54. The van der Waals surface area contributed by atoms with Gasteiger partial charge in [0.15, 0.2) is 0 Å². The van der Waals surface area contributed by atoms with E-state index in [0.29, 0.717) is 5.78 Å². The van der Waals surface area contributed by atoms with Crippen LogP contribution in [0.3, 0.4) is 0 Å². The van der Waals surface area contributed by atoms with Gasteiger partial charge in [-0.3, -0.25) is 4.79 Å². The summed E-state index contributed by atoms with van der Waals surface area (Å²) in [7, 11) is 0. The normalized spacial score (nSPS) is 26.3. The molecular weight excluding hydrogens is 184 g/mol. The zero-order valence-electron chi connectivity index (χ0n) is 10.2. The molecule has 0 aromatic carbocycles. The molecule has 0 heterocycles. The molecule has 0 aromatic rings. The number of hydrogen-bond acceptors (Lipinski definition) is 1. The molecule has 1 atom stereocenters. The van der Waals surface area contributed by atoms with E-state index in [4.69, 9.17) is 0 Å². The molecule has 84 valence electrons. The fourth-order valence-electron chi connectivity index (χ4n) is 2.38. The summed E-state index contributed by atoms with van der Waals surface area (Å²) in [5, 5.41) is 0. The first-order valence-electron chi connectivity index (χ1n) is 5.76. The predicted molar refractivity (Wildman–Crippen MR) is 64.7 cm³/mol. The van der Waals surface area contributed by atoms with E-state index in [0.717, 1.165) is 25.7 Å². The van der Waals surface area contributed by atoms with E-state index in [9.17, 15) is 4.79 Å². The van der Waals surface area contributed by atoms with Crippen LogP contribution in [0.15, 0.2) is 24.8 Å². The van der Waals surface area contributed by atoms with Crippen LogP contribution in [0, 0.1) is 10.8 Å². The molecule has 0 amide bonds. The molecule has 1 heteroatoms. The Morgan fingerprint density at radius 3 is 2.60 bits per heavy atom. The highest BCUT2D eigenvalue weighted by Gasteiger charge is 2.40. The molecule has 0 bridgehead atoms. The van der Waals surface area contributed by atoms with Crippen LogP contribution in [0.4, 0.5) is 0 Å². The van der Waals surface area contributed by atoms with E-state index in [1.807, 2.05) is 26.8 Å². The quantitative estimate of drug-likeness (QED) is 0.640. The lowest BCUT2D eigenvalue weighted by Gasteiger charge is -2.36. The van der Waals surface area contributed by atoms with Crippen molar-refractivity contribution in [1.82, 2.24) is 0 Å². The Balaban J connectivity index is 3.00. The van der Waals surface area contributed by atoms with Crippen molar-refractivity contribution < 1.29 is 4.79 Å². The molecule has 0 fully saturated rings. The Bertz CT molecular complexity index is 280. The minimum Gasteiger partial charge on any atom is -0.298 e. The number of hydrogen-bond donors (Lipinski definition) is 0. The van der Waals surface area contributed by atoms with Gasteiger partial charge in [0.25, 0.3) is 0 Å². The number of Topliss-reactive ketones (excluding diaryl/α,β-unsaturated/α-hetero) is 1. The highest BCUT2D eigenvalue weighted by atomic mass is 16.1. The van der Waals surface area contributed by atoms with Gasteiger partial charge in [0, 0.05) is 5.41 Å². The number of allylic oxidation sites excluding steroid dienone is 3. The summed E-state index contributed by atoms with van der Waals surface area (Å²) in [5.74, 6) is 0.353. The molecule has 0 radical (unpaired) electrons. The Labute approximate surface area is 93.3 Å². The summed E-state index contributed by atoms with van der Waals surface area (Å²) in [5.41, 5.74) is -0.525. The van der Waals surface area contributed by atoms with Gasteiger partial charge in [-0.2, -0.15) is 0 Å². The third-order valence-corrected chi connectivity index (χ3v) is 3.07. The van der Waals surface area contributed by atoms with Gasteiger partial charge in [0.05, 0.1) is 5.41 Å². The van der Waals surface area contributed by atoms with Crippen molar-refractivity contribution in [3.05, 3.63) is 24.8 Å². The van der Waals surface area contributed by atoms with Crippen molar-refractivity contribution >= 4 is 5.78 Å². The van der Waals surface area contributed by atoms with Gasteiger partial charge >= 0.3 is 0 Å². The maximum Gasteiger partial charge on any atom is 0.148 e. The van der Waals surface area contributed by atoms with E-state index in [-0.39, 0.29) is 10.8 Å². The van der Waals surface area contributed by atoms with Crippen LogP contribution < -0.4 is 0 Å². The minimum absolute atomic E-state index is 0.259. The third kappa shape index (κ3) is 2.58. The second kappa shape index (κ2) is 4.34. The lowest BCUT2D eigenvalue weighted by Crippen LogP contribution is -2.38. The lowest BCUT2D eigenvalue weighted by molar-refractivity contribution is -0.134. The zero-order valence-corrected chi connectivity index (χ0v) is 10.2. The second-order valence-corrected chi connectivity index (χ2v) is 5.52. The molecule has 0 N–H and O–H groups in total. The molecule has 1 rings (SSSR count). The summed E-state index contributed by atoms with van der Waals surface area (Å²) >= 11 is 0. The van der Waals surface area contributed by atoms with Crippen LogP contribution in [0.5, 0.6) is 0 Å². The van der Waals surface area contributed by atoms with Crippen molar-refractivity contribution in [1.29, 1.82) is 0 Å². The Hall–Kier alpha value is -0.850. The average Bonchev–Trinajstić information content (AvgIpc) is 2.17. The first kappa shape index (κ1) is 12.2. The van der Waals surface area contributed by atoms with Crippen LogP contribution in [-0.2, 0) is 4.79 Å². The summed E-state index contributed by atoms with van der Waals surface area (Å²) in [6, 6.07) is 0. The fraction of sp³-hybridized carbons (Fsp3) is 0.643. The summed E-state index contributed by atoms with van der Waals surface area (Å²) in [6.07, 6.45) is 10.1. The smallest absolute Gasteiger partial charge is 0.148 e. The summed E-state index contributed by atoms with van der Waals surface area (Å²) < 4.78 is 0. The number of carbonyl (C=O) groups is 1. The van der Waals surface area contributed by atoms with Crippen LogP contribution in [0.25, 0.3) is 0 Å². The van der Waals surface area contributed by atoms with E-state index >= 15 is 0 Å². The molecule has 0 aromatic heterocycles. The van der Waals surface area contributed by atoms with Crippen LogP contribution in [0.2, 0.25) is 0 Å². The number of ketones is 1. The molecule has 1 unspecified atom stereocenters. The molecule has 0 spiro atoms. The largest absolute Gasteiger partial charge is 0.298 e. The Morgan fingerprint density at radius 2 is 2.20 bits per heavy atom. The molecule has 1 aliphatic carbocycles. The van der Waals surface area contributed by atoms with Gasteiger partial charge < -0.3 is 0 Å². The highest BCUT2D eigenvalue weighted by Crippen LogP contribution is 2.41. The predicted octanol–water partition coefficient (Wildman–Crippen LogP) is 3.90. The van der Waals surface area contributed by atoms with Gasteiger partial charge in [-0.25, -0.2) is 0 Å². The van der Waals surface area contributed by atoms with Crippen LogP contribution in [0.1, 0.15) is 46.5 Å². The van der Waals surface area contributed by atoms with Gasteiger partial charge in [0.2, 0.25) is 0 Å². The van der Waals surface area contributed by atoms with Crippen molar-refractivity contribution in [2.45, 2.75) is 46.5 Å². The summed E-state index contributed by atoms with van der Waals surface area (Å²) in [6.45, 7) is 9.79. The topological polar surface area (TPSA) is 17.1 Å². The molecule has 0 saturated carbocycles. The molecule has 0 saturated heterocycles. The van der Waals surface area contributed by atoms with Crippen molar-refractivity contribution in [3.63, 3.8) is 0 Å². The van der Waals surface area contributed by atoms with Crippen LogP contribution >= 0.6 is 0 Å². The maximum atomic E-state index is 12.4. The monoisotopic (exact) mass is 206 g/mol. The van der Waals surface area contributed by atoms with Crippen LogP contribution in [-0.4, -0.2) is 5.78 Å². The summed E-state index contributed by atoms with van der Waals surface area (Å²) in [4.78, 5) is 12.4. The van der Waals surface area contributed by atoms with E-state index in [2.05, 4.69) is 18.7 Å². The lowest BCUT2D eigenvalue weighted by atomic mass is 9.66. The van der Waals surface area contributed by atoms with Crippen molar-refractivity contribution in [2.75, 3.05) is 0 Å². The maximum absolute atomic E-state index is 12.4. The third-order valence-electron chi connectivity index (χ3n) is 3.07. The molecular formula is C14H22O. The minimum atomic E-state index is -0.266. The van der Waals surface area contributed by atoms with Gasteiger partial charge in [-0.15, -0.1) is 6.58 Å². The molecule has 1 nitrogen and oxygen atoms in total. The van der Waals surface area contributed by atoms with Crippen molar-refractivity contribution in [2.24, 2.45) is 10.8 Å². The van der Waals surface area contributed by atoms with E-state index in [1.54, 1.807) is 0 Å². The zero-order chi connectivity index (χ0) is 11.5. The van der Waals surface area contributed by atoms with E-state index in [1.165, 1.54) is 0 Å². The first-order valence-corrected chi connectivity index (χ1v) is 5.76. The molecule has 15 heavy (non-hydrogen) atoms. The number of carbonyl (C=O) groups excluding carboxylic acids is 1. The average molecular weight is 206 g/mol. The van der Waals surface area contributed by atoms with Gasteiger partial charge in [-0.05, 0) is 25.7 Å². The SMILES string of the molecule is C=CCC1(C(=O)C(C)(C)C)C=CCCC1.